The summed E-state index contributed by atoms with van der Waals surface area (Å²) in [6, 6.07) is 0. The first-order chi connectivity index (χ1) is 23.5. The molecule has 1 unspecified atom stereocenters. The number of nitrogens with zero attached hydrogens (tertiary/aromatic N) is 1. The average Bonchev–Trinajstić information content (AvgIpc) is 3.42. The molecule has 6 nitrogen and oxygen atoms in total. The summed E-state index contributed by atoms with van der Waals surface area (Å²) in [4.78, 5) is 13.7. The zero-order valence-electron chi connectivity index (χ0n) is 32.3. The molecule has 0 amide bonds. The second kappa shape index (κ2) is 12.9. The van der Waals surface area contributed by atoms with E-state index in [0.717, 1.165) is 32.4 Å². The number of allylic oxidation sites excluding steroid dienone is 5. The molecule has 0 bridgehead atoms. The van der Waals surface area contributed by atoms with Crippen LogP contribution in [-0.4, -0.2) is 67.6 Å². The summed E-state index contributed by atoms with van der Waals surface area (Å²) in [7, 11) is -2.85. The molecule has 280 valence electrons. The Hall–Kier alpha value is -1.44. The fraction of sp³-hybridized carbons (Fsp3) is 0.837. The number of hydrogen-bond acceptors (Lipinski definition) is 5. The van der Waals surface area contributed by atoms with E-state index in [1.807, 2.05) is 0 Å². The Morgan fingerprint density at radius 3 is 2.34 bits per heavy atom. The van der Waals surface area contributed by atoms with Crippen LogP contribution in [0.1, 0.15) is 125 Å². The number of hydrogen-bond donors (Lipinski definition) is 2. The fourth-order valence-electron chi connectivity index (χ4n) is 14.6. The second-order valence-electron chi connectivity index (χ2n) is 19.8. The number of carboxylic acid groups (broad SMARTS) is 1. The van der Waals surface area contributed by atoms with Gasteiger partial charge in [-0.05, 0) is 152 Å². The van der Waals surface area contributed by atoms with Crippen molar-refractivity contribution in [3.63, 3.8) is 0 Å². The summed E-state index contributed by atoms with van der Waals surface area (Å²) in [5.74, 6) is 3.51. The average molecular weight is 709 g/mol. The number of carboxylic acids is 1. The molecule has 7 rings (SSSR count). The number of carbonyl (C=O) groups is 1. The van der Waals surface area contributed by atoms with Crippen LogP contribution in [0.4, 0.5) is 0 Å². The lowest BCUT2D eigenvalue weighted by Crippen LogP contribution is -2.68. The van der Waals surface area contributed by atoms with Crippen molar-refractivity contribution in [3.05, 3.63) is 35.5 Å². The number of sulfone groups is 1. The molecule has 1 heterocycles. The first kappa shape index (κ1) is 36.9. The molecule has 2 N–H and O–H groups in total. The van der Waals surface area contributed by atoms with Crippen molar-refractivity contribution in [1.82, 2.24) is 10.2 Å². The normalized spacial score (nSPS) is 45.2. The molecule has 0 spiro atoms. The van der Waals surface area contributed by atoms with E-state index in [1.54, 1.807) is 5.57 Å². The van der Waals surface area contributed by atoms with Crippen LogP contribution in [0.5, 0.6) is 0 Å². The number of fused-ring (bicyclic) bond motifs is 7. The Labute approximate surface area is 304 Å². The van der Waals surface area contributed by atoms with Gasteiger partial charge in [-0.2, -0.15) is 0 Å². The molecule has 7 heteroatoms. The van der Waals surface area contributed by atoms with Crippen LogP contribution >= 0.6 is 0 Å². The van der Waals surface area contributed by atoms with Gasteiger partial charge in [0.1, 0.15) is 0 Å². The molecule has 0 aromatic carbocycles. The lowest BCUT2D eigenvalue weighted by Gasteiger charge is -2.72. The van der Waals surface area contributed by atoms with Crippen molar-refractivity contribution in [2.24, 2.45) is 57.2 Å². The molecule has 6 aliphatic carbocycles. The van der Waals surface area contributed by atoms with Crippen LogP contribution in [0.15, 0.2) is 35.5 Å². The SMILES string of the molecule is C=C(C)[C@@H]1CC[C@]2(NCCN3CCS(=O)(=O)CC3)CC[C@]3(C)[C@H](CC[C@@H]4[C@@]5(C)CC=C(C6=CCC(CC(=O)O)CC6)C(C)(C)[C@@H]5CC[C@]43C)[C@@H]12. The lowest BCUT2D eigenvalue weighted by atomic mass is 9.33. The van der Waals surface area contributed by atoms with E-state index in [1.165, 1.54) is 68.9 Å². The number of aliphatic carboxylic acids is 1. The highest BCUT2D eigenvalue weighted by Gasteiger charge is 2.70. The van der Waals surface area contributed by atoms with Crippen molar-refractivity contribution in [3.8, 4) is 0 Å². The monoisotopic (exact) mass is 708 g/mol. The van der Waals surface area contributed by atoms with E-state index in [4.69, 9.17) is 0 Å². The zero-order valence-corrected chi connectivity index (χ0v) is 33.1. The Bertz CT molecular complexity index is 1530. The first-order valence-corrected chi connectivity index (χ1v) is 22.2. The molecule has 10 atom stereocenters. The quantitative estimate of drug-likeness (QED) is 0.246. The Morgan fingerprint density at radius 2 is 1.68 bits per heavy atom. The van der Waals surface area contributed by atoms with Gasteiger partial charge in [0, 0.05) is 38.1 Å². The Balaban J connectivity index is 1.12. The van der Waals surface area contributed by atoms with E-state index in [-0.39, 0.29) is 22.3 Å². The van der Waals surface area contributed by atoms with E-state index in [9.17, 15) is 18.3 Å². The van der Waals surface area contributed by atoms with Crippen molar-refractivity contribution in [1.29, 1.82) is 0 Å². The third-order valence-electron chi connectivity index (χ3n) is 17.3. The maximum Gasteiger partial charge on any atom is 0.303 e. The van der Waals surface area contributed by atoms with Gasteiger partial charge in [0.25, 0.3) is 0 Å². The van der Waals surface area contributed by atoms with Gasteiger partial charge < -0.3 is 15.3 Å². The van der Waals surface area contributed by atoms with Crippen molar-refractivity contribution < 1.29 is 18.3 Å². The topological polar surface area (TPSA) is 86.7 Å². The standard InChI is InChI=1S/C43H68N2O4S/c1-29(2)32-14-19-43(44-22-23-45-24-26-50(48,49)27-25-45)21-20-41(6)34(38(32)43)12-13-36-40(5)17-15-33(31-10-8-30(9-11-31)28-37(46)47)39(3,4)35(40)16-18-42(36,41)7/h10,15,30,32,34-36,38,44H,1,8-9,11-14,16-28H2,2-7H3,(H,46,47)/t30?,32-,34+,35-,36+,38+,40-,41+,42+,43-/m0/s1. The van der Waals surface area contributed by atoms with Crippen LogP contribution in [0, 0.1) is 57.2 Å². The molecule has 5 fully saturated rings. The first-order valence-electron chi connectivity index (χ1n) is 20.4. The maximum absolute atomic E-state index is 12.0. The van der Waals surface area contributed by atoms with Gasteiger partial charge in [-0.25, -0.2) is 8.42 Å². The highest BCUT2D eigenvalue weighted by Crippen LogP contribution is 2.76. The number of rotatable bonds is 8. The predicted octanol–water partition coefficient (Wildman–Crippen LogP) is 8.45. The smallest absolute Gasteiger partial charge is 0.303 e. The summed E-state index contributed by atoms with van der Waals surface area (Å²) in [5, 5.41) is 13.6. The molecule has 1 aliphatic heterocycles. The molecule has 4 saturated carbocycles. The third kappa shape index (κ3) is 5.85. The molecule has 0 radical (unpaired) electrons. The van der Waals surface area contributed by atoms with Crippen molar-refractivity contribution in [2.45, 2.75) is 131 Å². The summed E-state index contributed by atoms with van der Waals surface area (Å²) in [6.07, 6.45) is 19.8. The minimum Gasteiger partial charge on any atom is -0.481 e. The molecule has 1 saturated heterocycles. The summed E-state index contributed by atoms with van der Waals surface area (Å²) >= 11 is 0. The van der Waals surface area contributed by atoms with Gasteiger partial charge in [0.15, 0.2) is 9.84 Å². The third-order valence-corrected chi connectivity index (χ3v) is 18.9. The Morgan fingerprint density at radius 1 is 0.940 bits per heavy atom. The zero-order chi connectivity index (χ0) is 35.9. The summed E-state index contributed by atoms with van der Waals surface area (Å²) in [6.45, 7) is 23.4. The highest BCUT2D eigenvalue weighted by atomic mass is 32.2. The molecule has 0 aromatic heterocycles. The van der Waals surface area contributed by atoms with Crippen LogP contribution in [0.3, 0.4) is 0 Å². The predicted molar refractivity (Wildman–Crippen MR) is 204 cm³/mol. The van der Waals surface area contributed by atoms with E-state index in [2.05, 4.69) is 70.5 Å². The highest BCUT2D eigenvalue weighted by molar-refractivity contribution is 7.91. The van der Waals surface area contributed by atoms with E-state index >= 15 is 0 Å². The van der Waals surface area contributed by atoms with Gasteiger partial charge in [-0.3, -0.25) is 4.79 Å². The van der Waals surface area contributed by atoms with Crippen LogP contribution in [0.2, 0.25) is 0 Å². The van der Waals surface area contributed by atoms with Crippen molar-refractivity contribution >= 4 is 15.8 Å². The van der Waals surface area contributed by atoms with Gasteiger partial charge in [-0.1, -0.05) is 58.9 Å². The fourth-order valence-corrected chi connectivity index (χ4v) is 15.9. The van der Waals surface area contributed by atoms with E-state index < -0.39 is 15.8 Å². The van der Waals surface area contributed by atoms with Crippen LogP contribution in [-0.2, 0) is 14.6 Å². The van der Waals surface area contributed by atoms with Gasteiger partial charge in [0.05, 0.1) is 11.5 Å². The number of nitrogens with one attached hydrogen (secondary N) is 1. The molecular formula is C43H68N2O4S. The van der Waals surface area contributed by atoms with E-state index in [0.29, 0.717) is 71.4 Å². The molecule has 7 aliphatic rings. The summed E-state index contributed by atoms with van der Waals surface area (Å²) in [5.41, 5.74) is 5.66. The van der Waals surface area contributed by atoms with Gasteiger partial charge >= 0.3 is 5.97 Å². The second-order valence-corrected chi connectivity index (χ2v) is 22.1. The van der Waals surface area contributed by atoms with Crippen molar-refractivity contribution in [2.75, 3.05) is 37.7 Å². The maximum atomic E-state index is 12.0. The molecule has 50 heavy (non-hydrogen) atoms. The summed E-state index contributed by atoms with van der Waals surface area (Å²) < 4.78 is 24.1. The largest absolute Gasteiger partial charge is 0.481 e. The van der Waals surface area contributed by atoms with Crippen LogP contribution in [0.25, 0.3) is 0 Å². The minimum atomic E-state index is -2.85. The van der Waals surface area contributed by atoms with Gasteiger partial charge in [-0.15, -0.1) is 0 Å². The van der Waals surface area contributed by atoms with Gasteiger partial charge in [0.2, 0.25) is 0 Å². The minimum absolute atomic E-state index is 0.123. The lowest BCUT2D eigenvalue weighted by molar-refractivity contribution is -0.221. The molecule has 0 aromatic rings. The Kier molecular flexibility index (Phi) is 9.49. The van der Waals surface area contributed by atoms with Crippen LogP contribution < -0.4 is 5.32 Å². The molecular weight excluding hydrogens is 641 g/mol.